The maximum atomic E-state index is 5.55. The van der Waals surface area contributed by atoms with E-state index in [1.807, 2.05) is 6.20 Å². The Kier molecular flexibility index (Phi) is 5.89. The zero-order chi connectivity index (χ0) is 14.4. The number of aromatic nitrogens is 2. The highest BCUT2D eigenvalue weighted by atomic mass is 16.5. The van der Waals surface area contributed by atoms with E-state index in [0.717, 1.165) is 18.7 Å². The van der Waals surface area contributed by atoms with E-state index in [9.17, 15) is 0 Å². The van der Waals surface area contributed by atoms with Crippen molar-refractivity contribution in [2.45, 2.75) is 64.5 Å². The van der Waals surface area contributed by atoms with Crippen molar-refractivity contribution in [1.29, 1.82) is 0 Å². The fourth-order valence-corrected chi connectivity index (χ4v) is 3.48. The van der Waals surface area contributed by atoms with E-state index >= 15 is 0 Å². The minimum Gasteiger partial charge on any atom is -0.493 e. The molecule has 4 nitrogen and oxygen atoms in total. The molecule has 1 atom stereocenters. The van der Waals surface area contributed by atoms with Crippen LogP contribution in [0.1, 0.15) is 63.6 Å². The summed E-state index contributed by atoms with van der Waals surface area (Å²) in [5, 5.41) is 8.05. The summed E-state index contributed by atoms with van der Waals surface area (Å²) in [6, 6.07) is 0.358. The van der Waals surface area contributed by atoms with E-state index in [1.165, 1.54) is 44.2 Å². The summed E-state index contributed by atoms with van der Waals surface area (Å²) in [6.45, 7) is 3.15. The van der Waals surface area contributed by atoms with Gasteiger partial charge >= 0.3 is 0 Å². The Labute approximate surface area is 122 Å². The predicted molar refractivity (Wildman–Crippen MR) is 82.1 cm³/mol. The number of aryl methyl sites for hydroxylation is 1. The van der Waals surface area contributed by atoms with Crippen molar-refractivity contribution in [3.8, 4) is 5.75 Å². The van der Waals surface area contributed by atoms with Crippen molar-refractivity contribution < 1.29 is 4.74 Å². The lowest BCUT2D eigenvalue weighted by atomic mass is 9.89. The molecule has 4 heteroatoms. The molecule has 0 aliphatic heterocycles. The fourth-order valence-electron chi connectivity index (χ4n) is 3.48. The van der Waals surface area contributed by atoms with Gasteiger partial charge in [-0.1, -0.05) is 32.6 Å². The molecule has 114 valence electrons. The normalized spacial score (nSPS) is 18.8. The number of methoxy groups -OCH3 is 1. The van der Waals surface area contributed by atoms with Crippen LogP contribution >= 0.6 is 0 Å². The summed E-state index contributed by atoms with van der Waals surface area (Å²) >= 11 is 0. The van der Waals surface area contributed by atoms with Crippen LogP contribution < -0.4 is 10.1 Å². The number of nitrogens with one attached hydrogen (secondary N) is 1. The van der Waals surface area contributed by atoms with Crippen molar-refractivity contribution in [3.63, 3.8) is 0 Å². The van der Waals surface area contributed by atoms with Crippen molar-refractivity contribution in [2.75, 3.05) is 14.2 Å². The van der Waals surface area contributed by atoms with Crippen molar-refractivity contribution in [2.24, 2.45) is 5.92 Å². The van der Waals surface area contributed by atoms with E-state index < -0.39 is 0 Å². The first-order chi connectivity index (χ1) is 9.81. The molecule has 0 radical (unpaired) electrons. The smallest absolute Gasteiger partial charge is 0.161 e. The highest BCUT2D eigenvalue weighted by Gasteiger charge is 2.28. The second-order valence-corrected chi connectivity index (χ2v) is 5.84. The van der Waals surface area contributed by atoms with Gasteiger partial charge in [0.05, 0.1) is 25.0 Å². The highest BCUT2D eigenvalue weighted by molar-refractivity contribution is 5.29. The van der Waals surface area contributed by atoms with Crippen LogP contribution in [-0.4, -0.2) is 23.9 Å². The van der Waals surface area contributed by atoms with Gasteiger partial charge in [0.25, 0.3) is 0 Å². The van der Waals surface area contributed by atoms with Gasteiger partial charge < -0.3 is 10.1 Å². The summed E-state index contributed by atoms with van der Waals surface area (Å²) in [6.07, 6.45) is 11.1. The van der Waals surface area contributed by atoms with Gasteiger partial charge in [0, 0.05) is 6.54 Å². The molecule has 1 aromatic rings. The fraction of sp³-hybridized carbons (Fsp3) is 0.812. The molecule has 1 N–H and O–H groups in total. The molecule has 1 saturated carbocycles. The van der Waals surface area contributed by atoms with E-state index in [2.05, 4.69) is 29.1 Å². The SMILES string of the molecule is CCCn1ncc(OC)c1C(NC)C1CCCCCC1. The van der Waals surface area contributed by atoms with E-state index in [-0.39, 0.29) is 0 Å². The molecule has 2 rings (SSSR count). The van der Waals surface area contributed by atoms with Crippen LogP contribution in [0.2, 0.25) is 0 Å². The van der Waals surface area contributed by atoms with Gasteiger partial charge in [-0.25, -0.2) is 0 Å². The summed E-state index contributed by atoms with van der Waals surface area (Å²) in [4.78, 5) is 0. The summed E-state index contributed by atoms with van der Waals surface area (Å²) in [7, 11) is 3.81. The molecule has 0 amide bonds. The summed E-state index contributed by atoms with van der Waals surface area (Å²) in [5.41, 5.74) is 1.24. The van der Waals surface area contributed by atoms with Crippen LogP contribution in [-0.2, 0) is 6.54 Å². The Morgan fingerprint density at radius 1 is 1.35 bits per heavy atom. The Bertz CT molecular complexity index is 394. The first-order valence-electron chi connectivity index (χ1n) is 8.08. The molecule has 0 spiro atoms. The van der Waals surface area contributed by atoms with Crippen molar-refractivity contribution in [3.05, 3.63) is 11.9 Å². The first kappa shape index (κ1) is 15.4. The van der Waals surface area contributed by atoms with E-state index in [0.29, 0.717) is 12.0 Å². The molecule has 0 aromatic carbocycles. The van der Waals surface area contributed by atoms with Crippen LogP contribution in [0.4, 0.5) is 0 Å². The average molecular weight is 279 g/mol. The topological polar surface area (TPSA) is 39.1 Å². The third-order valence-electron chi connectivity index (χ3n) is 4.48. The van der Waals surface area contributed by atoms with Gasteiger partial charge in [0.1, 0.15) is 0 Å². The zero-order valence-electron chi connectivity index (χ0n) is 13.2. The maximum absolute atomic E-state index is 5.55. The van der Waals surface area contributed by atoms with Gasteiger partial charge in [-0.15, -0.1) is 0 Å². The largest absolute Gasteiger partial charge is 0.493 e. The lowest BCUT2D eigenvalue weighted by Gasteiger charge is -2.27. The summed E-state index contributed by atoms with van der Waals surface area (Å²) < 4.78 is 7.68. The number of hydrogen-bond acceptors (Lipinski definition) is 3. The van der Waals surface area contributed by atoms with E-state index in [1.54, 1.807) is 7.11 Å². The monoisotopic (exact) mass is 279 g/mol. The summed E-state index contributed by atoms with van der Waals surface area (Å²) in [5.74, 6) is 1.63. The van der Waals surface area contributed by atoms with Crippen LogP contribution in [0, 0.1) is 5.92 Å². The second-order valence-electron chi connectivity index (χ2n) is 5.84. The van der Waals surface area contributed by atoms with Gasteiger partial charge in [-0.2, -0.15) is 5.10 Å². The minimum atomic E-state index is 0.358. The third kappa shape index (κ3) is 3.35. The van der Waals surface area contributed by atoms with Crippen LogP contribution in [0.3, 0.4) is 0 Å². The highest BCUT2D eigenvalue weighted by Crippen LogP contribution is 2.37. The molecule has 1 aliphatic carbocycles. The van der Waals surface area contributed by atoms with E-state index in [4.69, 9.17) is 4.74 Å². The Hall–Kier alpha value is -1.03. The molecular formula is C16H29N3O. The predicted octanol–water partition coefficient (Wildman–Crippen LogP) is 3.53. The molecular weight excluding hydrogens is 250 g/mol. The molecule has 0 saturated heterocycles. The minimum absolute atomic E-state index is 0.358. The van der Waals surface area contributed by atoms with Crippen LogP contribution in [0.25, 0.3) is 0 Å². The molecule has 20 heavy (non-hydrogen) atoms. The number of ether oxygens (including phenoxy) is 1. The lowest BCUT2D eigenvalue weighted by Crippen LogP contribution is -2.28. The first-order valence-corrected chi connectivity index (χ1v) is 8.08. The standard InChI is InChI=1S/C16H29N3O/c1-4-11-19-16(14(20-3)12-18-19)15(17-2)13-9-7-5-6-8-10-13/h12-13,15,17H,4-11H2,1-3H3. The molecule has 1 aliphatic rings. The molecule has 1 aromatic heterocycles. The van der Waals surface area contributed by atoms with Crippen LogP contribution in [0.15, 0.2) is 6.20 Å². The van der Waals surface area contributed by atoms with Crippen molar-refractivity contribution in [1.82, 2.24) is 15.1 Å². The second kappa shape index (κ2) is 7.67. The zero-order valence-corrected chi connectivity index (χ0v) is 13.2. The Morgan fingerprint density at radius 2 is 2.05 bits per heavy atom. The third-order valence-corrected chi connectivity index (χ3v) is 4.48. The van der Waals surface area contributed by atoms with Gasteiger partial charge in [0.15, 0.2) is 5.75 Å². The average Bonchev–Trinajstić information content (AvgIpc) is 2.68. The number of hydrogen-bond donors (Lipinski definition) is 1. The molecule has 0 bridgehead atoms. The Balaban J connectivity index is 2.26. The van der Waals surface area contributed by atoms with Gasteiger partial charge in [-0.3, -0.25) is 4.68 Å². The number of nitrogens with zero attached hydrogens (tertiary/aromatic N) is 2. The van der Waals surface area contributed by atoms with Crippen LogP contribution in [0.5, 0.6) is 5.75 Å². The van der Waals surface area contributed by atoms with Gasteiger partial charge in [0.2, 0.25) is 0 Å². The number of rotatable bonds is 6. The van der Waals surface area contributed by atoms with Gasteiger partial charge in [-0.05, 0) is 32.2 Å². The quantitative estimate of drug-likeness (QED) is 0.810. The van der Waals surface area contributed by atoms with Crippen molar-refractivity contribution >= 4 is 0 Å². The molecule has 1 fully saturated rings. The molecule has 1 heterocycles. The maximum Gasteiger partial charge on any atom is 0.161 e. The lowest BCUT2D eigenvalue weighted by molar-refractivity contribution is 0.309. The molecule has 1 unspecified atom stereocenters. The Morgan fingerprint density at radius 3 is 2.60 bits per heavy atom.